The van der Waals surface area contributed by atoms with E-state index in [-0.39, 0.29) is 10.0 Å². The molecule has 0 N–H and O–H groups in total. The van der Waals surface area contributed by atoms with Gasteiger partial charge in [0.1, 0.15) is 17.9 Å². The van der Waals surface area contributed by atoms with Gasteiger partial charge in [0, 0.05) is 5.56 Å². The minimum absolute atomic E-state index is 0.0330. The Hall–Kier alpha value is -1.71. The molecular weight excluding hydrogens is 305 g/mol. The van der Waals surface area contributed by atoms with E-state index in [0.717, 1.165) is 11.6 Å². The van der Waals surface area contributed by atoms with E-state index in [1.165, 1.54) is 24.3 Å². The predicted octanol–water partition coefficient (Wildman–Crippen LogP) is 5.41. The van der Waals surface area contributed by atoms with E-state index in [1.807, 2.05) is 0 Å². The molecule has 0 aliphatic rings. The summed E-state index contributed by atoms with van der Waals surface area (Å²) in [6.07, 6.45) is 2.14. The minimum Gasteiger partial charge on any atom is -0.298 e. The zero-order chi connectivity index (χ0) is 15.1. The molecular formula is C15H10Cl2F2O. The zero-order valence-corrected chi connectivity index (χ0v) is 11.8. The van der Waals surface area contributed by atoms with Crippen LogP contribution in [0.3, 0.4) is 0 Å². The Morgan fingerprint density at radius 1 is 0.900 bits per heavy atom. The molecule has 0 saturated heterocycles. The lowest BCUT2D eigenvalue weighted by Gasteiger charge is -1.94. The van der Waals surface area contributed by atoms with E-state index in [1.54, 1.807) is 12.1 Å². The van der Waals surface area contributed by atoms with Crippen molar-refractivity contribution in [2.24, 2.45) is 0 Å². The molecule has 0 aliphatic carbocycles. The first-order valence-corrected chi connectivity index (χ1v) is 6.21. The monoisotopic (exact) mass is 314 g/mol. The lowest BCUT2D eigenvalue weighted by atomic mass is 10.2. The molecule has 5 heteroatoms. The molecule has 0 fully saturated rings. The molecule has 0 spiro atoms. The van der Waals surface area contributed by atoms with E-state index in [2.05, 4.69) is 6.58 Å². The molecule has 104 valence electrons. The summed E-state index contributed by atoms with van der Waals surface area (Å²) in [6.45, 7) is 3.49. The average molecular weight is 315 g/mol. The second kappa shape index (κ2) is 7.78. The van der Waals surface area contributed by atoms with Gasteiger partial charge in [0.2, 0.25) is 0 Å². The molecule has 20 heavy (non-hydrogen) atoms. The van der Waals surface area contributed by atoms with Gasteiger partial charge >= 0.3 is 0 Å². The summed E-state index contributed by atoms with van der Waals surface area (Å²) in [5.74, 6) is -0.967. The Bertz CT molecular complexity index is 572. The Morgan fingerprint density at radius 2 is 1.35 bits per heavy atom. The number of benzene rings is 2. The van der Waals surface area contributed by atoms with Gasteiger partial charge in [0.15, 0.2) is 0 Å². The summed E-state index contributed by atoms with van der Waals surface area (Å²) < 4.78 is 25.1. The van der Waals surface area contributed by atoms with Crippen LogP contribution in [0.5, 0.6) is 0 Å². The molecule has 0 heterocycles. The van der Waals surface area contributed by atoms with Gasteiger partial charge in [-0.1, -0.05) is 48.0 Å². The number of hydrogen-bond acceptors (Lipinski definition) is 1. The van der Waals surface area contributed by atoms with E-state index < -0.39 is 11.6 Å². The first-order chi connectivity index (χ1) is 9.47. The summed E-state index contributed by atoms with van der Waals surface area (Å²) in [5, 5.41) is 0.177. The summed E-state index contributed by atoms with van der Waals surface area (Å²) in [7, 11) is 0. The van der Waals surface area contributed by atoms with Crippen molar-refractivity contribution in [3.63, 3.8) is 0 Å². The number of aldehydes is 1. The highest BCUT2D eigenvalue weighted by atomic mass is 35.5. The first kappa shape index (κ1) is 16.3. The third-order valence-corrected chi connectivity index (χ3v) is 2.87. The summed E-state index contributed by atoms with van der Waals surface area (Å²) in [6, 6.07) is 8.45. The fourth-order valence-electron chi connectivity index (χ4n) is 1.23. The third-order valence-electron chi connectivity index (χ3n) is 2.26. The topological polar surface area (TPSA) is 17.1 Å². The quantitative estimate of drug-likeness (QED) is 0.677. The van der Waals surface area contributed by atoms with E-state index in [9.17, 15) is 13.6 Å². The fraction of sp³-hybridized carbons (Fsp3) is 0. The van der Waals surface area contributed by atoms with Gasteiger partial charge in [0.25, 0.3) is 0 Å². The number of carbonyl (C=O) groups excluding carboxylic acids is 1. The van der Waals surface area contributed by atoms with Crippen molar-refractivity contribution in [2.45, 2.75) is 0 Å². The van der Waals surface area contributed by atoms with Crippen molar-refractivity contribution in [2.75, 3.05) is 0 Å². The maximum atomic E-state index is 12.6. The maximum absolute atomic E-state index is 12.6. The highest BCUT2D eigenvalue weighted by molar-refractivity contribution is 6.31. The molecule has 0 amide bonds. The summed E-state index contributed by atoms with van der Waals surface area (Å²) >= 11 is 10.8. The van der Waals surface area contributed by atoms with Crippen LogP contribution in [0.15, 0.2) is 43.0 Å². The molecule has 0 atom stereocenters. The maximum Gasteiger partial charge on any atom is 0.150 e. The van der Waals surface area contributed by atoms with Crippen LogP contribution in [0.25, 0.3) is 6.08 Å². The van der Waals surface area contributed by atoms with Gasteiger partial charge in [-0.25, -0.2) is 8.78 Å². The Labute approximate surface area is 125 Å². The fourth-order valence-corrected chi connectivity index (χ4v) is 1.46. The molecule has 0 aliphatic heterocycles. The largest absolute Gasteiger partial charge is 0.298 e. The third kappa shape index (κ3) is 4.76. The molecule has 1 nitrogen and oxygen atoms in total. The molecule has 2 aromatic rings. The number of carbonyl (C=O) groups is 1. The summed E-state index contributed by atoms with van der Waals surface area (Å²) in [4.78, 5) is 10.1. The molecule has 2 rings (SSSR count). The van der Waals surface area contributed by atoms with Crippen LogP contribution in [-0.2, 0) is 0 Å². The molecule has 2 aromatic carbocycles. The highest BCUT2D eigenvalue weighted by Crippen LogP contribution is 2.15. The minimum atomic E-state index is -0.564. The second-order valence-corrected chi connectivity index (χ2v) is 4.48. The standard InChI is InChI=1S/C8H6ClF.C7H4ClFO/c1-2-6-3-4-7(9)8(10)5-6;8-6-2-1-5(4-10)3-7(6)9/h2-5H,1H2;1-4H. The predicted molar refractivity (Wildman–Crippen MR) is 78.3 cm³/mol. The van der Waals surface area contributed by atoms with Crippen LogP contribution < -0.4 is 0 Å². The van der Waals surface area contributed by atoms with Gasteiger partial charge in [-0.3, -0.25) is 4.79 Å². The number of halogens is 4. The summed E-state index contributed by atoms with van der Waals surface area (Å²) in [5.41, 5.74) is 1.03. The van der Waals surface area contributed by atoms with Gasteiger partial charge in [-0.05, 0) is 29.8 Å². The van der Waals surface area contributed by atoms with Gasteiger partial charge < -0.3 is 0 Å². The van der Waals surface area contributed by atoms with Crippen molar-refractivity contribution < 1.29 is 13.6 Å². The van der Waals surface area contributed by atoms with Gasteiger partial charge in [-0.15, -0.1) is 0 Å². The smallest absolute Gasteiger partial charge is 0.150 e. The van der Waals surface area contributed by atoms with Crippen molar-refractivity contribution in [1.29, 1.82) is 0 Å². The van der Waals surface area contributed by atoms with Crippen LogP contribution in [0.2, 0.25) is 10.0 Å². The SMILES string of the molecule is C=Cc1ccc(Cl)c(F)c1.O=Cc1ccc(Cl)c(F)c1. The molecule has 0 bridgehead atoms. The molecule has 0 saturated carbocycles. The van der Waals surface area contributed by atoms with Gasteiger partial charge in [0.05, 0.1) is 10.0 Å². The highest BCUT2D eigenvalue weighted by Gasteiger charge is 1.98. The number of hydrogen-bond donors (Lipinski definition) is 0. The normalized spacial score (nSPS) is 9.40. The molecule has 0 aromatic heterocycles. The lowest BCUT2D eigenvalue weighted by molar-refractivity contribution is 0.112. The van der Waals surface area contributed by atoms with E-state index in [4.69, 9.17) is 23.2 Å². The second-order valence-electron chi connectivity index (χ2n) is 3.67. The lowest BCUT2D eigenvalue weighted by Crippen LogP contribution is -1.81. The Morgan fingerprint density at radius 3 is 1.75 bits per heavy atom. The average Bonchev–Trinajstić information content (AvgIpc) is 2.45. The molecule has 0 unspecified atom stereocenters. The van der Waals surface area contributed by atoms with Crippen LogP contribution in [0.1, 0.15) is 15.9 Å². The van der Waals surface area contributed by atoms with Crippen molar-refractivity contribution >= 4 is 35.6 Å². The van der Waals surface area contributed by atoms with Crippen LogP contribution >= 0.6 is 23.2 Å². The van der Waals surface area contributed by atoms with Crippen molar-refractivity contribution in [3.05, 3.63) is 75.8 Å². The van der Waals surface area contributed by atoms with Crippen LogP contribution in [0.4, 0.5) is 8.78 Å². The number of rotatable bonds is 2. The van der Waals surface area contributed by atoms with Crippen molar-refractivity contribution in [1.82, 2.24) is 0 Å². The van der Waals surface area contributed by atoms with Crippen LogP contribution in [-0.4, -0.2) is 6.29 Å². The zero-order valence-electron chi connectivity index (χ0n) is 10.2. The van der Waals surface area contributed by atoms with E-state index >= 15 is 0 Å². The van der Waals surface area contributed by atoms with E-state index in [0.29, 0.717) is 11.8 Å². The van der Waals surface area contributed by atoms with Gasteiger partial charge in [-0.2, -0.15) is 0 Å². The molecule has 0 radical (unpaired) electrons. The van der Waals surface area contributed by atoms with Crippen LogP contribution in [0, 0.1) is 11.6 Å². The Balaban J connectivity index is 0.000000200. The first-order valence-electron chi connectivity index (χ1n) is 5.45. The van der Waals surface area contributed by atoms with Crippen molar-refractivity contribution in [3.8, 4) is 0 Å². The Kier molecular flexibility index (Phi) is 6.36.